The van der Waals surface area contributed by atoms with Crippen LogP contribution >= 0.6 is 23.2 Å². The molecule has 0 aliphatic rings. The molecule has 0 saturated heterocycles. The third-order valence-electron chi connectivity index (χ3n) is 5.15. The number of hydrogen-bond donors (Lipinski definition) is 2. The van der Waals surface area contributed by atoms with Crippen LogP contribution in [0.15, 0.2) is 54.6 Å². The molecule has 0 saturated carbocycles. The van der Waals surface area contributed by atoms with E-state index < -0.39 is 0 Å². The summed E-state index contributed by atoms with van der Waals surface area (Å²) >= 11 is 12.6. The smallest absolute Gasteiger partial charge is 0.220 e. The largest absolute Gasteiger partial charge is 0.355 e. The predicted octanol–water partition coefficient (Wildman–Crippen LogP) is 5.24. The molecule has 162 valence electrons. The van der Waals surface area contributed by atoms with E-state index in [1.807, 2.05) is 30.3 Å². The number of halogens is 2. The van der Waals surface area contributed by atoms with Crippen molar-refractivity contribution < 1.29 is 9.36 Å². The van der Waals surface area contributed by atoms with Crippen molar-refractivity contribution in [2.75, 3.05) is 13.1 Å². The number of nitrogens with one attached hydrogen (secondary N) is 1. The van der Waals surface area contributed by atoms with E-state index in [1.165, 1.54) is 10.9 Å². The number of nitrogens with two attached hydrogens (primary N) is 1. The van der Waals surface area contributed by atoms with Gasteiger partial charge in [0, 0.05) is 65.1 Å². The Morgan fingerprint density at radius 3 is 2.48 bits per heavy atom. The highest BCUT2D eigenvalue weighted by Crippen LogP contribution is 2.26. The van der Waals surface area contributed by atoms with Crippen LogP contribution in [-0.2, 0) is 11.3 Å². The van der Waals surface area contributed by atoms with Crippen molar-refractivity contribution in [1.82, 2.24) is 5.32 Å². The summed E-state index contributed by atoms with van der Waals surface area (Å²) in [6.45, 7) is 1.87. The van der Waals surface area contributed by atoms with Gasteiger partial charge in [-0.3, -0.25) is 4.79 Å². The molecule has 3 rings (SSSR count). The number of nitrogens with zero attached hydrogens (tertiary/aromatic N) is 1. The lowest BCUT2D eigenvalue weighted by molar-refractivity contribution is -0.673. The molecule has 0 atom stereocenters. The summed E-state index contributed by atoms with van der Waals surface area (Å²) in [4.78, 5) is 11.7. The molecule has 1 heterocycles. The molecule has 2 aromatic carbocycles. The van der Waals surface area contributed by atoms with Crippen LogP contribution in [0.2, 0.25) is 10.0 Å². The van der Waals surface area contributed by atoms with Crippen LogP contribution in [0.3, 0.4) is 0 Å². The fourth-order valence-corrected chi connectivity index (χ4v) is 4.07. The van der Waals surface area contributed by atoms with E-state index in [0.717, 1.165) is 37.1 Å². The first kappa shape index (κ1) is 23.3. The van der Waals surface area contributed by atoms with Crippen molar-refractivity contribution in [2.45, 2.75) is 32.2 Å². The first-order chi connectivity index (χ1) is 15.1. The second kappa shape index (κ2) is 11.8. The van der Waals surface area contributed by atoms with Gasteiger partial charge in [-0.25, -0.2) is 0 Å². The third kappa shape index (κ3) is 6.54. The number of benzene rings is 2. The lowest BCUT2D eigenvalue weighted by atomic mass is 10.1. The van der Waals surface area contributed by atoms with Crippen molar-refractivity contribution in [3.63, 3.8) is 0 Å². The number of aryl methyl sites for hydroxylation is 1. The Labute approximate surface area is 193 Å². The van der Waals surface area contributed by atoms with Crippen LogP contribution in [0.1, 0.15) is 36.9 Å². The van der Waals surface area contributed by atoms with E-state index in [9.17, 15) is 4.79 Å². The monoisotopic (exact) mass is 456 g/mol. The maximum absolute atomic E-state index is 11.7. The summed E-state index contributed by atoms with van der Waals surface area (Å²) in [6, 6.07) is 18.1. The highest BCUT2D eigenvalue weighted by Gasteiger charge is 2.14. The summed E-state index contributed by atoms with van der Waals surface area (Å²) in [6.07, 6.45) is 7.38. The first-order valence-corrected chi connectivity index (χ1v) is 11.4. The first-order valence-electron chi connectivity index (χ1n) is 10.6. The fourth-order valence-electron chi connectivity index (χ4n) is 3.54. The van der Waals surface area contributed by atoms with Crippen molar-refractivity contribution in [1.29, 1.82) is 0 Å². The number of carbonyl (C=O) groups is 1. The normalized spacial score (nSPS) is 11.3. The Morgan fingerprint density at radius 2 is 1.71 bits per heavy atom. The lowest BCUT2D eigenvalue weighted by Crippen LogP contribution is -2.38. The van der Waals surface area contributed by atoms with E-state index in [1.54, 1.807) is 0 Å². The summed E-state index contributed by atoms with van der Waals surface area (Å²) < 4.78 is 2.31. The Bertz CT molecular complexity index is 1050. The number of rotatable bonds is 10. The van der Waals surface area contributed by atoms with E-state index >= 15 is 0 Å². The molecule has 0 unspecified atom stereocenters. The van der Waals surface area contributed by atoms with Gasteiger partial charge in [-0.15, -0.1) is 0 Å². The van der Waals surface area contributed by atoms with Crippen LogP contribution in [0.4, 0.5) is 0 Å². The minimum atomic E-state index is 0.0727. The summed E-state index contributed by atoms with van der Waals surface area (Å²) in [5.41, 5.74) is 8.49. The summed E-state index contributed by atoms with van der Waals surface area (Å²) in [7, 11) is 0. The van der Waals surface area contributed by atoms with Crippen molar-refractivity contribution >= 4 is 52.2 Å². The molecule has 0 aliphatic carbocycles. The summed E-state index contributed by atoms with van der Waals surface area (Å²) in [5, 5.41) is 5.26. The van der Waals surface area contributed by atoms with E-state index in [0.29, 0.717) is 29.6 Å². The molecule has 0 spiro atoms. The fraction of sp³-hybridized carbons (Fsp3) is 0.280. The predicted molar refractivity (Wildman–Crippen MR) is 130 cm³/mol. The minimum absolute atomic E-state index is 0.0727. The van der Waals surface area contributed by atoms with Gasteiger partial charge in [0.15, 0.2) is 0 Å². The average molecular weight is 457 g/mol. The van der Waals surface area contributed by atoms with Crippen LogP contribution in [0.25, 0.3) is 23.1 Å². The molecule has 3 aromatic rings. The number of aromatic nitrogens is 1. The van der Waals surface area contributed by atoms with Crippen molar-refractivity contribution in [3.05, 3.63) is 75.9 Å². The molecule has 4 nitrogen and oxygen atoms in total. The average Bonchev–Trinajstić information content (AvgIpc) is 2.77. The zero-order valence-corrected chi connectivity index (χ0v) is 19.0. The number of para-hydroxylation sites is 1. The van der Waals surface area contributed by atoms with Crippen LogP contribution < -0.4 is 15.6 Å². The van der Waals surface area contributed by atoms with Gasteiger partial charge < -0.3 is 11.1 Å². The minimum Gasteiger partial charge on any atom is -0.355 e. The van der Waals surface area contributed by atoms with E-state index in [4.69, 9.17) is 28.9 Å². The number of fused-ring (bicyclic) bond motifs is 1. The Balaban J connectivity index is 1.74. The molecule has 1 amide bonds. The van der Waals surface area contributed by atoms with E-state index in [2.05, 4.69) is 46.3 Å². The van der Waals surface area contributed by atoms with Crippen LogP contribution in [0, 0.1) is 0 Å². The molecule has 0 fully saturated rings. The lowest BCUT2D eigenvalue weighted by Gasteiger charge is -2.07. The van der Waals surface area contributed by atoms with Gasteiger partial charge in [-0.1, -0.05) is 41.4 Å². The second-order valence-corrected chi connectivity index (χ2v) is 8.20. The topological polar surface area (TPSA) is 59.0 Å². The van der Waals surface area contributed by atoms with Gasteiger partial charge in [-0.05, 0) is 43.2 Å². The maximum atomic E-state index is 11.7. The van der Waals surface area contributed by atoms with E-state index in [-0.39, 0.29) is 5.91 Å². The third-order valence-corrected chi connectivity index (χ3v) is 5.80. The summed E-state index contributed by atoms with van der Waals surface area (Å²) in [5.74, 6) is 0.0727. The number of unbranched alkanes of at least 4 members (excludes halogenated alkanes) is 2. The van der Waals surface area contributed by atoms with Gasteiger partial charge in [0.2, 0.25) is 17.1 Å². The second-order valence-electron chi connectivity index (χ2n) is 7.39. The van der Waals surface area contributed by atoms with Crippen LogP contribution in [-0.4, -0.2) is 19.0 Å². The highest BCUT2D eigenvalue weighted by molar-refractivity contribution is 6.37. The number of hydrogen-bond acceptors (Lipinski definition) is 2. The molecule has 0 bridgehead atoms. The zero-order chi connectivity index (χ0) is 22.1. The molecule has 1 aromatic heterocycles. The van der Waals surface area contributed by atoms with Gasteiger partial charge in [0.25, 0.3) is 0 Å². The molecule has 0 aliphatic heterocycles. The quantitative estimate of drug-likeness (QED) is 0.323. The highest BCUT2D eigenvalue weighted by atomic mass is 35.5. The van der Waals surface area contributed by atoms with Gasteiger partial charge in [-0.2, -0.15) is 4.57 Å². The zero-order valence-electron chi connectivity index (χ0n) is 17.5. The molecule has 6 heteroatoms. The maximum Gasteiger partial charge on any atom is 0.220 e. The Morgan fingerprint density at radius 1 is 0.935 bits per heavy atom. The number of amides is 1. The molecule has 31 heavy (non-hydrogen) atoms. The Hall–Kier alpha value is -2.40. The van der Waals surface area contributed by atoms with Gasteiger partial charge in [0.1, 0.15) is 6.54 Å². The SMILES string of the molecule is NCCNC(=O)CCCCC[n+]1c(/C=C/c2c(Cl)cccc2Cl)ccc2ccccc21. The molecule has 3 N–H and O–H groups in total. The molecular formula is C25H28Cl2N3O+. The Kier molecular flexibility index (Phi) is 8.89. The van der Waals surface area contributed by atoms with Gasteiger partial charge in [0.05, 0.1) is 0 Å². The number of pyridine rings is 1. The van der Waals surface area contributed by atoms with Crippen LogP contribution in [0.5, 0.6) is 0 Å². The molecular weight excluding hydrogens is 429 g/mol. The van der Waals surface area contributed by atoms with Gasteiger partial charge >= 0.3 is 0 Å². The van der Waals surface area contributed by atoms with Crippen molar-refractivity contribution in [2.24, 2.45) is 5.73 Å². The number of carbonyl (C=O) groups excluding carboxylic acids is 1. The standard InChI is InChI=1S/C25H27Cl2N3O/c26-22-8-6-9-23(27)21(22)15-14-20-13-12-19-7-3-4-10-24(19)30(20)18-5-1-2-11-25(31)29-17-16-28/h3-4,6-10,12-15H,1-2,5,11,16-18,28H2/p+1/b15-14+. The molecule has 0 radical (unpaired) electrons. The van der Waals surface area contributed by atoms with Crippen molar-refractivity contribution in [3.8, 4) is 0 Å².